The average molecular weight is 278 g/mol. The van der Waals surface area contributed by atoms with Crippen LogP contribution in [0.3, 0.4) is 0 Å². The van der Waals surface area contributed by atoms with Gasteiger partial charge in [-0.25, -0.2) is 4.98 Å². The van der Waals surface area contributed by atoms with Crippen molar-refractivity contribution in [1.29, 1.82) is 0 Å². The molecule has 0 aliphatic heterocycles. The van der Waals surface area contributed by atoms with Crippen molar-refractivity contribution in [1.82, 2.24) is 10.3 Å². The number of amides is 1. The lowest BCUT2D eigenvalue weighted by Gasteiger charge is -2.03. The Morgan fingerprint density at radius 2 is 2.11 bits per heavy atom. The minimum atomic E-state index is -0.0865. The quantitative estimate of drug-likeness (QED) is 0.844. The lowest BCUT2D eigenvalue weighted by Crippen LogP contribution is -2.22. The van der Waals surface area contributed by atoms with E-state index in [1.807, 2.05) is 6.20 Å². The lowest BCUT2D eigenvalue weighted by atomic mass is 10.2. The SMILES string of the molecule is CCc1cnc(CNC(=O)c2ccc(S)cc2)s1. The van der Waals surface area contributed by atoms with E-state index in [0.29, 0.717) is 12.1 Å². The summed E-state index contributed by atoms with van der Waals surface area (Å²) in [5.41, 5.74) is 0.639. The first-order valence-corrected chi connectivity index (χ1v) is 6.96. The zero-order chi connectivity index (χ0) is 13.0. The van der Waals surface area contributed by atoms with Crippen LogP contribution < -0.4 is 5.32 Å². The molecule has 0 radical (unpaired) electrons. The van der Waals surface area contributed by atoms with E-state index in [2.05, 4.69) is 29.9 Å². The Labute approximate surface area is 116 Å². The molecule has 0 spiro atoms. The van der Waals surface area contributed by atoms with Crippen LogP contribution in [-0.4, -0.2) is 10.9 Å². The highest BCUT2D eigenvalue weighted by Crippen LogP contribution is 2.13. The summed E-state index contributed by atoms with van der Waals surface area (Å²) >= 11 is 5.82. The van der Waals surface area contributed by atoms with Gasteiger partial charge in [0.05, 0.1) is 6.54 Å². The van der Waals surface area contributed by atoms with E-state index in [4.69, 9.17) is 0 Å². The molecule has 18 heavy (non-hydrogen) atoms. The van der Waals surface area contributed by atoms with E-state index in [-0.39, 0.29) is 5.91 Å². The molecular formula is C13H14N2OS2. The van der Waals surface area contributed by atoms with Gasteiger partial charge in [0.25, 0.3) is 5.91 Å². The Hall–Kier alpha value is -1.33. The number of carbonyl (C=O) groups excluding carboxylic acids is 1. The second kappa shape index (κ2) is 6.02. The number of thiol groups is 1. The van der Waals surface area contributed by atoms with Gasteiger partial charge in [-0.05, 0) is 30.7 Å². The smallest absolute Gasteiger partial charge is 0.251 e. The number of aryl methyl sites for hydroxylation is 1. The third-order valence-electron chi connectivity index (χ3n) is 2.48. The molecule has 5 heteroatoms. The molecule has 0 aliphatic rings. The number of carbonyl (C=O) groups is 1. The number of nitrogens with one attached hydrogen (secondary N) is 1. The fourth-order valence-electron chi connectivity index (χ4n) is 1.46. The van der Waals surface area contributed by atoms with Crippen LogP contribution in [0.2, 0.25) is 0 Å². The fourth-order valence-corrected chi connectivity index (χ4v) is 2.42. The maximum Gasteiger partial charge on any atom is 0.251 e. The average Bonchev–Trinajstić information content (AvgIpc) is 2.85. The summed E-state index contributed by atoms with van der Waals surface area (Å²) < 4.78 is 0. The van der Waals surface area contributed by atoms with Crippen molar-refractivity contribution < 1.29 is 4.79 Å². The minimum Gasteiger partial charge on any atom is -0.346 e. The number of aromatic nitrogens is 1. The molecular weight excluding hydrogens is 264 g/mol. The maximum atomic E-state index is 11.8. The normalized spacial score (nSPS) is 10.3. The predicted octanol–water partition coefficient (Wildman–Crippen LogP) is 2.92. The molecule has 1 aromatic heterocycles. The van der Waals surface area contributed by atoms with Crippen LogP contribution in [0, 0.1) is 0 Å². The third kappa shape index (κ3) is 3.34. The molecule has 0 atom stereocenters. The van der Waals surface area contributed by atoms with Gasteiger partial charge in [0.1, 0.15) is 5.01 Å². The molecule has 94 valence electrons. The van der Waals surface area contributed by atoms with E-state index in [1.54, 1.807) is 35.6 Å². The van der Waals surface area contributed by atoms with Crippen LogP contribution in [0.5, 0.6) is 0 Å². The van der Waals surface area contributed by atoms with E-state index in [1.165, 1.54) is 4.88 Å². The Balaban J connectivity index is 1.93. The van der Waals surface area contributed by atoms with Crippen molar-refractivity contribution in [2.45, 2.75) is 24.8 Å². The highest BCUT2D eigenvalue weighted by molar-refractivity contribution is 7.80. The zero-order valence-corrected chi connectivity index (χ0v) is 11.7. The van der Waals surface area contributed by atoms with Crippen LogP contribution in [-0.2, 0) is 13.0 Å². The Morgan fingerprint density at radius 1 is 1.39 bits per heavy atom. The van der Waals surface area contributed by atoms with Crippen molar-refractivity contribution in [2.24, 2.45) is 0 Å². The minimum absolute atomic E-state index is 0.0865. The molecule has 2 rings (SSSR count). The lowest BCUT2D eigenvalue weighted by molar-refractivity contribution is 0.0951. The number of thiazole rings is 1. The molecule has 1 heterocycles. The summed E-state index contributed by atoms with van der Waals surface area (Å²) in [6, 6.07) is 7.13. The summed E-state index contributed by atoms with van der Waals surface area (Å²) in [4.78, 5) is 18.2. The molecule has 1 aromatic carbocycles. The number of rotatable bonds is 4. The van der Waals surface area contributed by atoms with Crippen LogP contribution >= 0.6 is 24.0 Å². The monoisotopic (exact) mass is 278 g/mol. The molecule has 2 aromatic rings. The van der Waals surface area contributed by atoms with E-state index in [9.17, 15) is 4.79 Å². The van der Waals surface area contributed by atoms with Gasteiger partial charge < -0.3 is 5.32 Å². The fraction of sp³-hybridized carbons (Fsp3) is 0.231. The van der Waals surface area contributed by atoms with Gasteiger partial charge in [0.15, 0.2) is 0 Å². The molecule has 0 saturated carbocycles. The standard InChI is InChI=1S/C13H14N2OS2/c1-2-11-7-14-12(18-11)8-15-13(16)9-3-5-10(17)6-4-9/h3-7,17H,2,8H2,1H3,(H,15,16). The topological polar surface area (TPSA) is 42.0 Å². The second-order valence-corrected chi connectivity index (χ2v) is 5.52. The van der Waals surface area contributed by atoms with Gasteiger partial charge in [0.2, 0.25) is 0 Å². The molecule has 1 N–H and O–H groups in total. The summed E-state index contributed by atoms with van der Waals surface area (Å²) in [6.07, 6.45) is 2.84. The van der Waals surface area contributed by atoms with Gasteiger partial charge in [-0.3, -0.25) is 4.79 Å². The van der Waals surface area contributed by atoms with Crippen LogP contribution in [0.25, 0.3) is 0 Å². The van der Waals surface area contributed by atoms with Gasteiger partial charge in [-0.15, -0.1) is 24.0 Å². The Kier molecular flexibility index (Phi) is 4.38. The number of hydrogen-bond donors (Lipinski definition) is 2. The second-order valence-electron chi connectivity index (χ2n) is 3.80. The van der Waals surface area contributed by atoms with Gasteiger partial charge >= 0.3 is 0 Å². The first-order valence-electron chi connectivity index (χ1n) is 5.70. The molecule has 0 aliphatic carbocycles. The summed E-state index contributed by atoms with van der Waals surface area (Å²) in [7, 11) is 0. The van der Waals surface area contributed by atoms with Gasteiger partial charge in [-0.2, -0.15) is 0 Å². The maximum absolute atomic E-state index is 11.8. The van der Waals surface area contributed by atoms with Crippen LogP contribution in [0.4, 0.5) is 0 Å². The number of hydrogen-bond acceptors (Lipinski definition) is 4. The van der Waals surface area contributed by atoms with Crippen LogP contribution in [0.15, 0.2) is 35.4 Å². The zero-order valence-electron chi connectivity index (χ0n) is 10.0. The third-order valence-corrected chi connectivity index (χ3v) is 3.92. The van der Waals surface area contributed by atoms with E-state index in [0.717, 1.165) is 16.3 Å². The highest BCUT2D eigenvalue weighted by atomic mass is 32.1. The molecule has 0 unspecified atom stereocenters. The molecule has 1 amide bonds. The number of benzene rings is 1. The molecule has 0 saturated heterocycles. The molecule has 3 nitrogen and oxygen atoms in total. The summed E-state index contributed by atoms with van der Waals surface area (Å²) in [5.74, 6) is -0.0865. The van der Waals surface area contributed by atoms with E-state index >= 15 is 0 Å². The summed E-state index contributed by atoms with van der Waals surface area (Å²) in [6.45, 7) is 2.57. The Bertz CT molecular complexity index is 534. The summed E-state index contributed by atoms with van der Waals surface area (Å²) in [5, 5.41) is 3.79. The van der Waals surface area contributed by atoms with Crippen molar-refractivity contribution in [3.8, 4) is 0 Å². The van der Waals surface area contributed by atoms with E-state index < -0.39 is 0 Å². The molecule has 0 fully saturated rings. The van der Waals surface area contributed by atoms with Crippen molar-refractivity contribution in [3.05, 3.63) is 45.9 Å². The van der Waals surface area contributed by atoms with Gasteiger partial charge in [-0.1, -0.05) is 6.92 Å². The largest absolute Gasteiger partial charge is 0.346 e. The van der Waals surface area contributed by atoms with Gasteiger partial charge in [0, 0.05) is 21.5 Å². The highest BCUT2D eigenvalue weighted by Gasteiger charge is 2.06. The van der Waals surface area contributed by atoms with Crippen molar-refractivity contribution >= 4 is 29.9 Å². The Morgan fingerprint density at radius 3 is 2.72 bits per heavy atom. The predicted molar refractivity (Wildman–Crippen MR) is 76.4 cm³/mol. The van der Waals surface area contributed by atoms with Crippen molar-refractivity contribution in [3.63, 3.8) is 0 Å². The van der Waals surface area contributed by atoms with Crippen molar-refractivity contribution in [2.75, 3.05) is 0 Å². The number of nitrogens with zero attached hydrogens (tertiary/aromatic N) is 1. The first-order chi connectivity index (χ1) is 8.69. The first kappa shape index (κ1) is 13.1. The molecule has 0 bridgehead atoms. The van der Waals surface area contributed by atoms with Crippen LogP contribution in [0.1, 0.15) is 27.2 Å².